The van der Waals surface area contributed by atoms with E-state index in [1.807, 2.05) is 6.92 Å². The third kappa shape index (κ3) is 3.25. The van der Waals surface area contributed by atoms with Gasteiger partial charge < -0.3 is 9.64 Å². The van der Waals surface area contributed by atoms with Gasteiger partial charge in [0.25, 0.3) is 5.19 Å². The molecule has 3 heterocycles. The Bertz CT molecular complexity index is 521. The van der Waals surface area contributed by atoms with E-state index in [-0.39, 0.29) is 5.91 Å². The number of ether oxygens (including phenoxy) is 1. The molecule has 0 bridgehead atoms. The number of likely N-dealkylation sites (tertiary alicyclic amines) is 2. The summed E-state index contributed by atoms with van der Waals surface area (Å²) >= 11 is 1.53. The molecule has 2 saturated heterocycles. The molecule has 122 valence electrons. The average Bonchev–Trinajstić information content (AvgIpc) is 3.19. The maximum absolute atomic E-state index is 11.8. The molecule has 0 aliphatic carbocycles. The van der Waals surface area contributed by atoms with Crippen molar-refractivity contribution in [1.82, 2.24) is 20.0 Å². The van der Waals surface area contributed by atoms with Gasteiger partial charge in [0.15, 0.2) is 0 Å². The molecular weight excluding hydrogens is 300 g/mol. The van der Waals surface area contributed by atoms with E-state index in [9.17, 15) is 4.79 Å². The first-order valence-electron chi connectivity index (χ1n) is 8.15. The van der Waals surface area contributed by atoms with Crippen LogP contribution in [0.15, 0.2) is 0 Å². The number of rotatable bonds is 5. The molecule has 1 aromatic heterocycles. The fourth-order valence-corrected chi connectivity index (χ4v) is 4.50. The summed E-state index contributed by atoms with van der Waals surface area (Å²) in [5, 5.41) is 9.96. The van der Waals surface area contributed by atoms with Crippen LogP contribution in [0.1, 0.15) is 44.5 Å². The Morgan fingerprint density at radius 3 is 2.82 bits per heavy atom. The molecule has 2 fully saturated rings. The van der Waals surface area contributed by atoms with Gasteiger partial charge in [0.05, 0.1) is 13.2 Å². The van der Waals surface area contributed by atoms with Crippen LogP contribution in [-0.2, 0) is 11.3 Å². The standard InChI is InChI=1S/C15H24N4O2S/c1-3-21-15-17-16-14(22-15)10-18-8-4-6-12(18)13-7-5-9-19(13)11(2)20/h12-13H,3-10H2,1-2H3/t12-,13-/m1/s1. The van der Waals surface area contributed by atoms with Crippen molar-refractivity contribution >= 4 is 17.2 Å². The summed E-state index contributed by atoms with van der Waals surface area (Å²) in [6.45, 7) is 7.08. The van der Waals surface area contributed by atoms with Gasteiger partial charge in [-0.05, 0) is 39.2 Å². The van der Waals surface area contributed by atoms with E-state index in [1.54, 1.807) is 6.92 Å². The molecule has 0 spiro atoms. The van der Waals surface area contributed by atoms with Crippen LogP contribution in [0, 0.1) is 0 Å². The van der Waals surface area contributed by atoms with E-state index in [1.165, 1.54) is 24.2 Å². The molecule has 2 aliphatic heterocycles. The molecule has 0 unspecified atom stereocenters. The average molecular weight is 324 g/mol. The topological polar surface area (TPSA) is 58.6 Å². The Hall–Kier alpha value is -1.21. The maximum Gasteiger partial charge on any atom is 0.294 e. The summed E-state index contributed by atoms with van der Waals surface area (Å²) in [4.78, 5) is 16.4. The number of amides is 1. The van der Waals surface area contributed by atoms with Crippen molar-refractivity contribution in [2.24, 2.45) is 0 Å². The molecule has 3 rings (SSSR count). The highest BCUT2D eigenvalue weighted by Gasteiger charge is 2.38. The smallest absolute Gasteiger partial charge is 0.294 e. The molecule has 0 aromatic carbocycles. The van der Waals surface area contributed by atoms with E-state index >= 15 is 0 Å². The summed E-state index contributed by atoms with van der Waals surface area (Å²) in [5.74, 6) is 0.212. The number of carbonyl (C=O) groups is 1. The molecule has 7 heteroatoms. The van der Waals surface area contributed by atoms with Gasteiger partial charge in [-0.25, -0.2) is 0 Å². The second kappa shape index (κ2) is 6.91. The van der Waals surface area contributed by atoms with Crippen LogP contribution in [0.3, 0.4) is 0 Å². The van der Waals surface area contributed by atoms with Crippen molar-refractivity contribution in [2.75, 3.05) is 19.7 Å². The third-order valence-electron chi connectivity index (χ3n) is 4.62. The molecule has 2 atom stereocenters. The van der Waals surface area contributed by atoms with Crippen molar-refractivity contribution in [1.29, 1.82) is 0 Å². The van der Waals surface area contributed by atoms with Crippen molar-refractivity contribution in [3.63, 3.8) is 0 Å². The quantitative estimate of drug-likeness (QED) is 0.828. The lowest BCUT2D eigenvalue weighted by Crippen LogP contribution is -2.47. The lowest BCUT2D eigenvalue weighted by atomic mass is 10.0. The highest BCUT2D eigenvalue weighted by atomic mass is 32.1. The van der Waals surface area contributed by atoms with Gasteiger partial charge in [0.2, 0.25) is 5.91 Å². The van der Waals surface area contributed by atoms with Gasteiger partial charge in [-0.3, -0.25) is 9.69 Å². The van der Waals surface area contributed by atoms with Crippen LogP contribution >= 0.6 is 11.3 Å². The summed E-state index contributed by atoms with van der Waals surface area (Å²) in [5.41, 5.74) is 0. The molecule has 0 saturated carbocycles. The van der Waals surface area contributed by atoms with E-state index in [0.717, 1.165) is 37.5 Å². The Balaban J connectivity index is 1.66. The Labute approximate surface area is 135 Å². The molecule has 22 heavy (non-hydrogen) atoms. The molecule has 0 N–H and O–H groups in total. The zero-order valence-corrected chi connectivity index (χ0v) is 14.1. The monoisotopic (exact) mass is 324 g/mol. The van der Waals surface area contributed by atoms with Gasteiger partial charge in [-0.15, -0.1) is 10.2 Å². The molecule has 2 aliphatic rings. The van der Waals surface area contributed by atoms with Gasteiger partial charge >= 0.3 is 0 Å². The van der Waals surface area contributed by atoms with Gasteiger partial charge in [-0.2, -0.15) is 0 Å². The van der Waals surface area contributed by atoms with Gasteiger partial charge in [-0.1, -0.05) is 11.3 Å². The van der Waals surface area contributed by atoms with Crippen molar-refractivity contribution in [3.05, 3.63) is 5.01 Å². The number of carbonyl (C=O) groups excluding carboxylic acids is 1. The second-order valence-electron chi connectivity index (χ2n) is 6.00. The summed E-state index contributed by atoms with van der Waals surface area (Å²) in [6, 6.07) is 0.838. The minimum Gasteiger partial charge on any atom is -0.469 e. The predicted octanol–water partition coefficient (Wildman–Crippen LogP) is 1.91. The fraction of sp³-hybridized carbons (Fsp3) is 0.800. The first-order chi connectivity index (χ1) is 10.7. The number of aromatic nitrogens is 2. The zero-order valence-electron chi connectivity index (χ0n) is 13.3. The van der Waals surface area contributed by atoms with Crippen molar-refractivity contribution < 1.29 is 9.53 Å². The minimum absolute atomic E-state index is 0.212. The SMILES string of the molecule is CCOc1nnc(CN2CCC[C@@H]2[C@H]2CCCN2C(C)=O)s1. The lowest BCUT2D eigenvalue weighted by molar-refractivity contribution is -0.130. The Kier molecular flexibility index (Phi) is 4.93. The lowest BCUT2D eigenvalue weighted by Gasteiger charge is -2.34. The minimum atomic E-state index is 0.212. The van der Waals surface area contributed by atoms with Crippen molar-refractivity contribution in [2.45, 2.75) is 58.2 Å². The molecule has 1 amide bonds. The fourth-order valence-electron chi connectivity index (χ4n) is 3.73. The number of nitrogens with zero attached hydrogens (tertiary/aromatic N) is 4. The van der Waals surface area contributed by atoms with Crippen LogP contribution in [0.2, 0.25) is 0 Å². The van der Waals surface area contributed by atoms with E-state index in [4.69, 9.17) is 4.74 Å². The van der Waals surface area contributed by atoms with Crippen LogP contribution in [-0.4, -0.2) is 57.7 Å². The maximum atomic E-state index is 11.8. The van der Waals surface area contributed by atoms with Crippen LogP contribution < -0.4 is 4.74 Å². The summed E-state index contributed by atoms with van der Waals surface area (Å²) < 4.78 is 5.40. The van der Waals surface area contributed by atoms with E-state index in [0.29, 0.717) is 23.9 Å². The largest absolute Gasteiger partial charge is 0.469 e. The summed E-state index contributed by atoms with van der Waals surface area (Å²) in [6.07, 6.45) is 4.62. The van der Waals surface area contributed by atoms with Gasteiger partial charge in [0, 0.05) is 25.6 Å². The van der Waals surface area contributed by atoms with Gasteiger partial charge in [0.1, 0.15) is 5.01 Å². The summed E-state index contributed by atoms with van der Waals surface area (Å²) in [7, 11) is 0. The van der Waals surface area contributed by atoms with Crippen LogP contribution in [0.25, 0.3) is 0 Å². The molecular formula is C15H24N4O2S. The molecule has 6 nitrogen and oxygen atoms in total. The van der Waals surface area contributed by atoms with Crippen molar-refractivity contribution in [3.8, 4) is 5.19 Å². The molecule has 1 aromatic rings. The number of hydrogen-bond acceptors (Lipinski definition) is 6. The first kappa shape index (κ1) is 15.7. The molecule has 0 radical (unpaired) electrons. The Morgan fingerprint density at radius 1 is 1.27 bits per heavy atom. The highest BCUT2D eigenvalue weighted by molar-refractivity contribution is 7.13. The normalized spacial score (nSPS) is 25.8. The third-order valence-corrected chi connectivity index (χ3v) is 5.44. The number of hydrogen-bond donors (Lipinski definition) is 0. The van der Waals surface area contributed by atoms with Crippen LogP contribution in [0.5, 0.6) is 5.19 Å². The Morgan fingerprint density at radius 2 is 2.05 bits per heavy atom. The van der Waals surface area contributed by atoms with E-state index < -0.39 is 0 Å². The first-order valence-corrected chi connectivity index (χ1v) is 8.97. The zero-order chi connectivity index (χ0) is 15.5. The van der Waals surface area contributed by atoms with Crippen LogP contribution in [0.4, 0.5) is 0 Å². The second-order valence-corrected chi connectivity index (χ2v) is 7.02. The van der Waals surface area contributed by atoms with E-state index in [2.05, 4.69) is 20.0 Å². The predicted molar refractivity (Wildman–Crippen MR) is 84.9 cm³/mol. The highest BCUT2D eigenvalue weighted by Crippen LogP contribution is 2.32.